The van der Waals surface area contributed by atoms with Crippen molar-refractivity contribution >= 4 is 5.91 Å². The quantitative estimate of drug-likeness (QED) is 0.570. The highest BCUT2D eigenvalue weighted by Gasteiger charge is 2.16. The number of carbonyl (C=O) groups is 1. The van der Waals surface area contributed by atoms with Gasteiger partial charge in [0.15, 0.2) is 0 Å². The molecule has 0 aliphatic carbocycles. The van der Waals surface area contributed by atoms with Crippen LogP contribution in [0.4, 0.5) is 0 Å². The zero-order valence-electron chi connectivity index (χ0n) is 7.26. The van der Waals surface area contributed by atoms with E-state index in [4.69, 9.17) is 10.6 Å². The van der Waals surface area contributed by atoms with E-state index >= 15 is 0 Å². The van der Waals surface area contributed by atoms with Gasteiger partial charge in [0.1, 0.15) is 0 Å². The molecule has 0 aromatic heterocycles. The van der Waals surface area contributed by atoms with Crippen molar-refractivity contribution in [2.75, 3.05) is 6.61 Å². The Morgan fingerprint density at radius 2 is 2.18 bits per heavy atom. The Hall–Kier alpha value is -0.610. The van der Waals surface area contributed by atoms with Crippen molar-refractivity contribution in [2.24, 2.45) is 11.7 Å². The fraction of sp³-hybridized carbons (Fsp3) is 0.857. The summed E-state index contributed by atoms with van der Waals surface area (Å²) in [4.78, 5) is 15.7. The molecule has 0 saturated carbocycles. The minimum absolute atomic E-state index is 0.143. The van der Waals surface area contributed by atoms with Gasteiger partial charge in [-0.25, -0.2) is 5.48 Å². The second kappa shape index (κ2) is 5.09. The van der Waals surface area contributed by atoms with Crippen LogP contribution in [-0.4, -0.2) is 18.6 Å². The molecule has 4 nitrogen and oxygen atoms in total. The van der Waals surface area contributed by atoms with Gasteiger partial charge in [-0.15, -0.1) is 0 Å². The molecule has 0 aliphatic heterocycles. The second-order valence-corrected chi connectivity index (χ2v) is 2.55. The molecule has 0 aromatic carbocycles. The van der Waals surface area contributed by atoms with Crippen LogP contribution in [0.25, 0.3) is 0 Å². The van der Waals surface area contributed by atoms with E-state index < -0.39 is 0 Å². The highest BCUT2D eigenvalue weighted by Crippen LogP contribution is 1.98. The van der Waals surface area contributed by atoms with E-state index in [1.807, 2.05) is 0 Å². The van der Waals surface area contributed by atoms with Gasteiger partial charge in [-0.1, -0.05) is 6.92 Å². The number of hydrogen-bond acceptors (Lipinski definition) is 3. The molecule has 0 bridgehead atoms. The summed E-state index contributed by atoms with van der Waals surface area (Å²) < 4.78 is 0. The third-order valence-corrected chi connectivity index (χ3v) is 1.52. The van der Waals surface area contributed by atoms with Crippen LogP contribution in [0.1, 0.15) is 20.8 Å². The molecule has 2 unspecified atom stereocenters. The van der Waals surface area contributed by atoms with Crippen LogP contribution in [0.2, 0.25) is 0 Å². The van der Waals surface area contributed by atoms with Crippen molar-refractivity contribution in [3.05, 3.63) is 0 Å². The van der Waals surface area contributed by atoms with Crippen LogP contribution in [0, 0.1) is 5.92 Å². The summed E-state index contributed by atoms with van der Waals surface area (Å²) in [7, 11) is 0. The summed E-state index contributed by atoms with van der Waals surface area (Å²) in [5.41, 5.74) is 7.79. The van der Waals surface area contributed by atoms with Crippen LogP contribution in [0.15, 0.2) is 0 Å². The number of rotatable bonds is 4. The predicted octanol–water partition coefficient (Wildman–Crippen LogP) is 0.0374. The molecule has 0 heterocycles. The summed E-state index contributed by atoms with van der Waals surface area (Å²) in [6.45, 7) is 5.82. The summed E-state index contributed by atoms with van der Waals surface area (Å²) in [5.74, 6) is -0.372. The lowest BCUT2D eigenvalue weighted by Crippen LogP contribution is -2.38. The Morgan fingerprint density at radius 1 is 1.64 bits per heavy atom. The summed E-state index contributed by atoms with van der Waals surface area (Å²) in [6.07, 6.45) is 0. The molecule has 0 aliphatic rings. The van der Waals surface area contributed by atoms with E-state index in [2.05, 4.69) is 5.48 Å². The van der Waals surface area contributed by atoms with Crippen LogP contribution in [0.5, 0.6) is 0 Å². The highest BCUT2D eigenvalue weighted by atomic mass is 16.6. The number of nitrogens with one attached hydrogen (secondary N) is 1. The fourth-order valence-electron chi connectivity index (χ4n) is 0.475. The first-order chi connectivity index (χ1) is 5.09. The molecule has 2 atom stereocenters. The lowest BCUT2D eigenvalue weighted by molar-refractivity contribution is -0.137. The maximum atomic E-state index is 11.0. The standard InChI is InChI=1S/C7H16N2O2/c1-4-11-9-7(10)5(2)6(3)8/h5-6H,4,8H2,1-3H3,(H,9,10). The minimum Gasteiger partial charge on any atom is -0.327 e. The van der Waals surface area contributed by atoms with Crippen LogP contribution >= 0.6 is 0 Å². The molecule has 4 heteroatoms. The lowest BCUT2D eigenvalue weighted by atomic mass is 10.0. The average Bonchev–Trinajstić information content (AvgIpc) is 1.98. The smallest absolute Gasteiger partial charge is 0.247 e. The van der Waals surface area contributed by atoms with E-state index in [0.29, 0.717) is 6.61 Å². The van der Waals surface area contributed by atoms with Gasteiger partial charge < -0.3 is 5.73 Å². The molecular weight excluding hydrogens is 144 g/mol. The van der Waals surface area contributed by atoms with Crippen molar-refractivity contribution in [3.63, 3.8) is 0 Å². The third-order valence-electron chi connectivity index (χ3n) is 1.52. The van der Waals surface area contributed by atoms with E-state index in [9.17, 15) is 4.79 Å². The van der Waals surface area contributed by atoms with E-state index in [-0.39, 0.29) is 17.9 Å². The Balaban J connectivity index is 3.64. The van der Waals surface area contributed by atoms with Gasteiger partial charge >= 0.3 is 0 Å². The zero-order valence-corrected chi connectivity index (χ0v) is 7.26. The molecule has 0 rings (SSSR count). The first kappa shape index (κ1) is 10.4. The average molecular weight is 160 g/mol. The van der Waals surface area contributed by atoms with Crippen molar-refractivity contribution < 1.29 is 9.63 Å². The summed E-state index contributed by atoms with van der Waals surface area (Å²) in [6, 6.07) is -0.143. The van der Waals surface area contributed by atoms with Crippen molar-refractivity contribution in [3.8, 4) is 0 Å². The maximum absolute atomic E-state index is 11.0. The largest absolute Gasteiger partial charge is 0.327 e. The number of amides is 1. The van der Waals surface area contributed by atoms with E-state index in [1.54, 1.807) is 20.8 Å². The Labute approximate surface area is 67.0 Å². The summed E-state index contributed by atoms with van der Waals surface area (Å²) >= 11 is 0. The monoisotopic (exact) mass is 160 g/mol. The molecule has 0 spiro atoms. The maximum Gasteiger partial charge on any atom is 0.247 e. The Morgan fingerprint density at radius 3 is 2.55 bits per heavy atom. The number of hydrogen-bond donors (Lipinski definition) is 2. The number of carbonyl (C=O) groups excluding carboxylic acids is 1. The normalized spacial score (nSPS) is 15.6. The Bertz CT molecular complexity index is 126. The molecule has 66 valence electrons. The summed E-state index contributed by atoms with van der Waals surface area (Å²) in [5, 5.41) is 0. The minimum atomic E-state index is -0.207. The topological polar surface area (TPSA) is 64.3 Å². The van der Waals surface area contributed by atoms with E-state index in [0.717, 1.165) is 0 Å². The number of nitrogens with two attached hydrogens (primary N) is 1. The lowest BCUT2D eigenvalue weighted by Gasteiger charge is -2.14. The van der Waals surface area contributed by atoms with Gasteiger partial charge in [0.25, 0.3) is 0 Å². The van der Waals surface area contributed by atoms with Gasteiger partial charge in [0.05, 0.1) is 12.5 Å². The van der Waals surface area contributed by atoms with Crippen LogP contribution in [0.3, 0.4) is 0 Å². The van der Waals surface area contributed by atoms with Gasteiger partial charge in [0, 0.05) is 6.04 Å². The SMILES string of the molecule is CCONC(=O)C(C)C(C)N. The van der Waals surface area contributed by atoms with Gasteiger partial charge in [-0.2, -0.15) is 0 Å². The van der Waals surface area contributed by atoms with Crippen molar-refractivity contribution in [2.45, 2.75) is 26.8 Å². The molecule has 0 fully saturated rings. The third kappa shape index (κ3) is 3.95. The molecule has 11 heavy (non-hydrogen) atoms. The first-order valence-electron chi connectivity index (χ1n) is 3.76. The highest BCUT2D eigenvalue weighted by molar-refractivity contribution is 5.77. The Kier molecular flexibility index (Phi) is 4.81. The molecule has 0 saturated heterocycles. The molecular formula is C7H16N2O2. The second-order valence-electron chi connectivity index (χ2n) is 2.55. The van der Waals surface area contributed by atoms with Crippen LogP contribution in [-0.2, 0) is 9.63 Å². The zero-order chi connectivity index (χ0) is 8.85. The van der Waals surface area contributed by atoms with Gasteiger partial charge in [-0.05, 0) is 13.8 Å². The van der Waals surface area contributed by atoms with Crippen LogP contribution < -0.4 is 11.2 Å². The molecule has 3 N–H and O–H groups in total. The van der Waals surface area contributed by atoms with E-state index in [1.165, 1.54) is 0 Å². The first-order valence-corrected chi connectivity index (χ1v) is 3.76. The van der Waals surface area contributed by atoms with Crippen molar-refractivity contribution in [1.29, 1.82) is 0 Å². The fourth-order valence-corrected chi connectivity index (χ4v) is 0.475. The molecule has 0 radical (unpaired) electrons. The van der Waals surface area contributed by atoms with Gasteiger partial charge in [0.2, 0.25) is 5.91 Å². The molecule has 0 aromatic rings. The van der Waals surface area contributed by atoms with Gasteiger partial charge in [-0.3, -0.25) is 9.63 Å². The number of hydroxylamine groups is 1. The predicted molar refractivity (Wildman–Crippen MR) is 42.6 cm³/mol. The molecule has 1 amide bonds. The van der Waals surface area contributed by atoms with Crippen molar-refractivity contribution in [1.82, 2.24) is 5.48 Å².